The monoisotopic (exact) mass is 300 g/mol. The minimum atomic E-state index is -1.14. The zero-order valence-corrected chi connectivity index (χ0v) is 10.9. The molecule has 0 bridgehead atoms. The van der Waals surface area contributed by atoms with Crippen LogP contribution in [-0.2, 0) is 0 Å². The van der Waals surface area contributed by atoms with Crippen molar-refractivity contribution >= 4 is 29.3 Å². The van der Waals surface area contributed by atoms with Crippen molar-refractivity contribution in [3.63, 3.8) is 0 Å². The number of carboxylic acids is 1. The molecular weight excluding hydrogens is 294 g/mol. The molecule has 1 N–H and O–H groups in total. The van der Waals surface area contributed by atoms with Gasteiger partial charge in [0.05, 0.1) is 5.56 Å². The molecule has 0 spiro atoms. The molecule has 0 fully saturated rings. The predicted molar refractivity (Wildman–Crippen MR) is 68.9 cm³/mol. The molecule has 2 nitrogen and oxygen atoms in total. The fourth-order valence-electron chi connectivity index (χ4n) is 1.43. The summed E-state index contributed by atoms with van der Waals surface area (Å²) in [6.07, 6.45) is 0. The molecule has 0 saturated heterocycles. The highest BCUT2D eigenvalue weighted by Crippen LogP contribution is 2.34. The number of hydrogen-bond donors (Lipinski definition) is 1. The number of halogens is 3. The third-order valence-corrected chi connectivity index (χ3v) is 3.63. The summed E-state index contributed by atoms with van der Waals surface area (Å²) in [6.45, 7) is 0. The van der Waals surface area contributed by atoms with E-state index in [1.54, 1.807) is 0 Å². The van der Waals surface area contributed by atoms with Gasteiger partial charge in [-0.05, 0) is 30.3 Å². The maximum atomic E-state index is 13.5. The minimum Gasteiger partial charge on any atom is -0.478 e. The van der Waals surface area contributed by atoms with Gasteiger partial charge in [-0.2, -0.15) is 0 Å². The quantitative estimate of drug-likeness (QED) is 0.909. The van der Waals surface area contributed by atoms with E-state index in [1.807, 2.05) is 0 Å². The van der Waals surface area contributed by atoms with Crippen LogP contribution in [-0.4, -0.2) is 11.1 Å². The smallest absolute Gasteiger partial charge is 0.336 e. The summed E-state index contributed by atoms with van der Waals surface area (Å²) < 4.78 is 26.3. The first-order valence-electron chi connectivity index (χ1n) is 5.13. The molecule has 0 aliphatic rings. The lowest BCUT2D eigenvalue weighted by atomic mass is 10.2. The standard InChI is InChI=1S/C13H7ClF2O2S/c14-7-1-3-9(13(17)18)12(5-7)19-11-4-2-8(15)6-10(11)16/h1-6H,(H,17,18). The zero-order chi connectivity index (χ0) is 14.0. The first-order chi connectivity index (χ1) is 8.97. The first kappa shape index (κ1) is 13.8. The Morgan fingerprint density at radius 1 is 1.11 bits per heavy atom. The fourth-order valence-corrected chi connectivity index (χ4v) is 2.65. The van der Waals surface area contributed by atoms with Crippen LogP contribution >= 0.6 is 23.4 Å². The molecule has 0 saturated carbocycles. The molecule has 0 radical (unpaired) electrons. The molecule has 0 atom stereocenters. The summed E-state index contributed by atoms with van der Waals surface area (Å²) in [6, 6.07) is 7.31. The van der Waals surface area contributed by atoms with E-state index in [4.69, 9.17) is 16.7 Å². The molecule has 6 heteroatoms. The summed E-state index contributed by atoms with van der Waals surface area (Å²) >= 11 is 6.68. The average molecular weight is 301 g/mol. The van der Waals surface area contributed by atoms with Crippen LogP contribution in [0.3, 0.4) is 0 Å². The van der Waals surface area contributed by atoms with Crippen molar-refractivity contribution in [2.24, 2.45) is 0 Å². The van der Waals surface area contributed by atoms with Crippen LogP contribution in [0.5, 0.6) is 0 Å². The Morgan fingerprint density at radius 2 is 1.84 bits per heavy atom. The Labute approximate surface area is 117 Å². The van der Waals surface area contributed by atoms with E-state index >= 15 is 0 Å². The topological polar surface area (TPSA) is 37.3 Å². The summed E-state index contributed by atoms with van der Waals surface area (Å²) in [5.74, 6) is -2.57. The van der Waals surface area contributed by atoms with Gasteiger partial charge >= 0.3 is 5.97 Å². The second-order valence-corrected chi connectivity index (χ2v) is 5.14. The highest BCUT2D eigenvalue weighted by molar-refractivity contribution is 7.99. The summed E-state index contributed by atoms with van der Waals surface area (Å²) in [4.78, 5) is 11.5. The molecule has 2 rings (SSSR count). The van der Waals surface area contributed by atoms with Gasteiger partial charge in [0.15, 0.2) is 0 Å². The van der Waals surface area contributed by atoms with Gasteiger partial charge in [0.2, 0.25) is 0 Å². The van der Waals surface area contributed by atoms with Gasteiger partial charge in [-0.1, -0.05) is 23.4 Å². The maximum Gasteiger partial charge on any atom is 0.336 e. The second kappa shape index (κ2) is 5.59. The van der Waals surface area contributed by atoms with Crippen LogP contribution in [0.4, 0.5) is 8.78 Å². The van der Waals surface area contributed by atoms with Crippen molar-refractivity contribution in [2.75, 3.05) is 0 Å². The predicted octanol–water partition coefficient (Wildman–Crippen LogP) is 4.47. The van der Waals surface area contributed by atoms with Crippen LogP contribution in [0, 0.1) is 11.6 Å². The summed E-state index contributed by atoms with van der Waals surface area (Å²) in [7, 11) is 0. The molecular formula is C13H7ClF2O2S. The van der Waals surface area contributed by atoms with Gasteiger partial charge in [0.25, 0.3) is 0 Å². The second-order valence-electron chi connectivity index (χ2n) is 3.62. The third-order valence-electron chi connectivity index (χ3n) is 2.29. The molecule has 19 heavy (non-hydrogen) atoms. The number of carbonyl (C=O) groups is 1. The van der Waals surface area contributed by atoms with E-state index < -0.39 is 17.6 Å². The van der Waals surface area contributed by atoms with Gasteiger partial charge in [0.1, 0.15) is 11.6 Å². The highest BCUT2D eigenvalue weighted by Gasteiger charge is 2.14. The minimum absolute atomic E-state index is 0.0122. The number of benzene rings is 2. The largest absolute Gasteiger partial charge is 0.478 e. The first-order valence-corrected chi connectivity index (χ1v) is 6.32. The number of aromatic carboxylic acids is 1. The summed E-state index contributed by atoms with van der Waals surface area (Å²) in [5, 5.41) is 9.38. The Bertz CT molecular complexity index is 647. The van der Waals surface area contributed by atoms with E-state index in [0.717, 1.165) is 23.9 Å². The molecule has 0 unspecified atom stereocenters. The van der Waals surface area contributed by atoms with E-state index in [2.05, 4.69) is 0 Å². The normalized spacial score (nSPS) is 10.5. The van der Waals surface area contributed by atoms with Gasteiger partial charge in [-0.25, -0.2) is 13.6 Å². The van der Waals surface area contributed by atoms with Gasteiger partial charge in [-0.15, -0.1) is 0 Å². The Balaban J connectivity index is 2.42. The van der Waals surface area contributed by atoms with E-state index in [0.29, 0.717) is 9.92 Å². The lowest BCUT2D eigenvalue weighted by Crippen LogP contribution is -1.98. The van der Waals surface area contributed by atoms with E-state index in [9.17, 15) is 13.6 Å². The third kappa shape index (κ3) is 3.24. The molecule has 0 heterocycles. The molecule has 98 valence electrons. The SMILES string of the molecule is O=C(O)c1ccc(Cl)cc1Sc1ccc(F)cc1F. The molecule has 0 amide bonds. The van der Waals surface area contributed by atoms with Crippen molar-refractivity contribution in [1.82, 2.24) is 0 Å². The maximum absolute atomic E-state index is 13.5. The van der Waals surface area contributed by atoms with Crippen molar-refractivity contribution < 1.29 is 18.7 Å². The molecule has 2 aromatic carbocycles. The summed E-state index contributed by atoms with van der Waals surface area (Å²) in [5.41, 5.74) is 0.0122. The van der Waals surface area contributed by atoms with Crippen molar-refractivity contribution in [1.29, 1.82) is 0 Å². The number of carboxylic acid groups (broad SMARTS) is 1. The average Bonchev–Trinajstić information content (AvgIpc) is 2.32. The molecule has 0 aromatic heterocycles. The lowest BCUT2D eigenvalue weighted by molar-refractivity contribution is 0.0693. The van der Waals surface area contributed by atoms with Crippen LogP contribution < -0.4 is 0 Å². The zero-order valence-electron chi connectivity index (χ0n) is 9.36. The molecule has 2 aromatic rings. The van der Waals surface area contributed by atoms with Gasteiger partial charge < -0.3 is 5.11 Å². The highest BCUT2D eigenvalue weighted by atomic mass is 35.5. The van der Waals surface area contributed by atoms with Gasteiger partial charge in [-0.3, -0.25) is 0 Å². The van der Waals surface area contributed by atoms with Crippen LogP contribution in [0.1, 0.15) is 10.4 Å². The van der Waals surface area contributed by atoms with E-state index in [-0.39, 0.29) is 10.5 Å². The van der Waals surface area contributed by atoms with Crippen molar-refractivity contribution in [3.05, 3.63) is 58.6 Å². The van der Waals surface area contributed by atoms with Crippen LogP contribution in [0.25, 0.3) is 0 Å². The van der Waals surface area contributed by atoms with Crippen molar-refractivity contribution in [3.8, 4) is 0 Å². The van der Waals surface area contributed by atoms with E-state index in [1.165, 1.54) is 24.3 Å². The fraction of sp³-hybridized carbons (Fsp3) is 0. The lowest BCUT2D eigenvalue weighted by Gasteiger charge is -2.07. The van der Waals surface area contributed by atoms with Crippen LogP contribution in [0.2, 0.25) is 5.02 Å². The van der Waals surface area contributed by atoms with Gasteiger partial charge in [0, 0.05) is 20.9 Å². The molecule has 0 aliphatic carbocycles. The van der Waals surface area contributed by atoms with Crippen molar-refractivity contribution in [2.45, 2.75) is 9.79 Å². The number of rotatable bonds is 3. The van der Waals surface area contributed by atoms with Crippen LogP contribution in [0.15, 0.2) is 46.2 Å². The molecule has 0 aliphatic heterocycles. The Morgan fingerprint density at radius 3 is 2.47 bits per heavy atom. The number of hydrogen-bond acceptors (Lipinski definition) is 2. The Kier molecular flexibility index (Phi) is 4.07. The Hall–Kier alpha value is -1.59.